The molecule has 0 radical (unpaired) electrons. The van der Waals surface area contributed by atoms with E-state index in [2.05, 4.69) is 109 Å². The molecule has 0 aliphatic carbocycles. The van der Waals surface area contributed by atoms with Crippen LogP contribution in [0.1, 0.15) is 133 Å². The van der Waals surface area contributed by atoms with Crippen molar-refractivity contribution in [1.82, 2.24) is 76.4 Å². The summed E-state index contributed by atoms with van der Waals surface area (Å²) < 4.78 is 41.0. The van der Waals surface area contributed by atoms with Crippen molar-refractivity contribution in [2.45, 2.75) is 111 Å². The lowest BCUT2D eigenvalue weighted by Crippen LogP contribution is -2.44. The molecule has 13 aromatic rings. The number of hydrogen-bond donors (Lipinski definition) is 5. The Morgan fingerprint density at radius 2 is 0.586 bits per heavy atom. The Balaban J connectivity index is 0.000000144. The van der Waals surface area contributed by atoms with Gasteiger partial charge < -0.3 is 74.8 Å². The largest absolute Gasteiger partial charge is 0.464 e. The normalized spacial score (nSPS) is 15.2. The number of esters is 5. The molecule has 36 heteroatoms. The molecule has 5 N–H and O–H groups in total. The van der Waals surface area contributed by atoms with Gasteiger partial charge in [-0.3, -0.25) is 24.0 Å². The number of fused-ring (bicyclic) bond motifs is 5. The second-order valence-corrected chi connectivity index (χ2v) is 36.5. The third-order valence-corrected chi connectivity index (χ3v) is 24.7. The number of rotatable bonds is 26. The van der Waals surface area contributed by atoms with Gasteiger partial charge in [-0.15, -0.1) is 0 Å². The first kappa shape index (κ1) is 105. The fraction of sp³-hybridized carbons (Fsp3) is 0.376. The minimum absolute atomic E-state index is 0.112. The van der Waals surface area contributed by atoms with E-state index in [9.17, 15) is 54.7 Å². The molecule has 0 spiro atoms. The van der Waals surface area contributed by atoms with Gasteiger partial charge in [0.1, 0.15) is 54.1 Å². The molecule has 5 saturated heterocycles. The van der Waals surface area contributed by atoms with Crippen molar-refractivity contribution in [2.75, 3.05) is 169 Å². The van der Waals surface area contributed by atoms with E-state index in [-0.39, 0.29) is 43.1 Å². The number of nitrogens with zero attached hydrogens (tertiary/aromatic N) is 20. The monoisotopic (exact) mass is 1960 g/mol. The number of benzene rings is 8. The van der Waals surface area contributed by atoms with Crippen LogP contribution in [0.2, 0.25) is 0 Å². The molecule has 746 valence electrons. The fourth-order valence-electron chi connectivity index (χ4n) is 16.7. The maximum Gasteiger partial charge on any atom is 0.330 e. The quantitative estimate of drug-likeness (QED) is 0.0248. The molecule has 5 aromatic heterocycles. The maximum atomic E-state index is 13.8. The lowest BCUT2D eigenvalue weighted by atomic mass is 9.98. The predicted molar refractivity (Wildman–Crippen MR) is 548 cm³/mol. The minimum atomic E-state index is -1.27. The van der Waals surface area contributed by atoms with Crippen LogP contribution in [0.3, 0.4) is 0 Å². The van der Waals surface area contributed by atoms with Crippen LogP contribution in [0.25, 0.3) is 55.2 Å². The molecule has 145 heavy (non-hydrogen) atoms. The summed E-state index contributed by atoms with van der Waals surface area (Å²) in [6.07, 6.45) is 1.87. The Bertz CT molecular complexity index is 6910. The van der Waals surface area contributed by atoms with Gasteiger partial charge in [-0.1, -0.05) is 186 Å². The molecular weight excluding hydrogens is 1840 g/mol. The summed E-state index contributed by atoms with van der Waals surface area (Å²) in [6, 6.07) is 69.2. The standard InChI is InChI=1S/2C23H23N5O2.C22H20FN5O2.C21H27N5O2.C20H25N5O2/c1-16-5-4-6-17(13-16)15-30-23(29)18(14-24)21-22(28-11-9-25-10-12-28)27-20-8-3-2-7-19(20)26-21;1-16-6-8-17(9-7-16)15-30-23(29)18(14-24)21-22(28-12-10-25-11-13-28)27-20-5-3-2-4-19(20)26-21;23-17-6-2-1-5-15(17)14-30-22(29)16(13-24)20-21(28-11-9-25-10-12-28)27-19-8-4-3-7-18(19)26-20;1-3-15(4-2)14-28-21(27)16(13-22)19-20(26-11-9-23-10-12-26)25-18-8-6-5-7-17(18)24-19;1-20(2,3)13-27-19(26)14(12-21)17-18(25-10-8-22-9-11-25)24-16-7-5-4-6-15(16)23-17/h2-8,13,18,25H,9-12,15H2,1H3;2-9,18,25H,10-13,15H2,1H3;1-8,16,25H,9-12,14H2;5-8,15-16,23H,3-4,9-12,14H2,1-2H3;4-7,14,22H,8-11,13H2,1-3H3. The number of aryl methyl sites for hydroxylation is 2. The van der Waals surface area contributed by atoms with E-state index in [0.29, 0.717) is 111 Å². The smallest absolute Gasteiger partial charge is 0.330 e. The summed E-state index contributed by atoms with van der Waals surface area (Å²) in [5, 5.41) is 65.4. The number of carbonyl (C=O) groups is 5. The summed E-state index contributed by atoms with van der Waals surface area (Å²) in [5.74, 6) is -6.17. The third-order valence-electron chi connectivity index (χ3n) is 24.7. The highest BCUT2D eigenvalue weighted by Gasteiger charge is 2.38. The van der Waals surface area contributed by atoms with E-state index in [1.54, 1.807) is 18.2 Å². The Morgan fingerprint density at radius 3 is 0.862 bits per heavy atom. The zero-order valence-corrected chi connectivity index (χ0v) is 82.4. The molecular formula is C109H118FN25O10. The van der Waals surface area contributed by atoms with E-state index >= 15 is 0 Å². The van der Waals surface area contributed by atoms with Crippen molar-refractivity contribution in [1.29, 1.82) is 26.3 Å². The molecule has 0 saturated carbocycles. The molecule has 8 aromatic carbocycles. The van der Waals surface area contributed by atoms with Gasteiger partial charge in [-0.05, 0) is 103 Å². The molecule has 5 fully saturated rings. The zero-order chi connectivity index (χ0) is 102. The first-order valence-corrected chi connectivity index (χ1v) is 48.8. The minimum Gasteiger partial charge on any atom is -0.464 e. The average Bonchev–Trinajstić information content (AvgIpc) is 0.797. The van der Waals surface area contributed by atoms with Gasteiger partial charge in [0, 0.05) is 136 Å². The number of nitrogens with one attached hydrogen (secondary N) is 5. The SMILES string of the molecule is CC(C)(C)COC(=O)C(C#N)c1nc2ccccc2nc1N1CCNCC1.CCC(CC)COC(=O)C(C#N)c1nc2ccccc2nc1N1CCNCC1.Cc1ccc(COC(=O)C(C#N)c2nc3ccccc3nc2N2CCNCC2)cc1.Cc1cccc(COC(=O)C(C#N)c2nc3ccccc3nc2N2CCNCC2)c1.N#CC(C(=O)OCc1ccccc1F)c1nc2ccccc2nc1N1CCNCC1. The van der Waals surface area contributed by atoms with E-state index in [0.717, 1.165) is 175 Å². The molecule has 0 bridgehead atoms. The lowest BCUT2D eigenvalue weighted by Gasteiger charge is -2.30. The summed E-state index contributed by atoms with van der Waals surface area (Å²) in [4.78, 5) is 121. The van der Waals surface area contributed by atoms with Crippen molar-refractivity contribution in [2.24, 2.45) is 11.3 Å². The van der Waals surface area contributed by atoms with E-state index in [4.69, 9.17) is 48.6 Å². The van der Waals surface area contributed by atoms with Gasteiger partial charge in [0.2, 0.25) is 0 Å². The van der Waals surface area contributed by atoms with Gasteiger partial charge in [0.25, 0.3) is 0 Å². The summed E-state index contributed by atoms with van der Waals surface area (Å²) in [6.45, 7) is 29.9. The number of hydrogen-bond acceptors (Lipinski definition) is 35. The Kier molecular flexibility index (Phi) is 37.3. The van der Waals surface area contributed by atoms with Crippen molar-refractivity contribution in [3.8, 4) is 30.3 Å². The zero-order valence-electron chi connectivity index (χ0n) is 82.4. The van der Waals surface area contributed by atoms with Crippen molar-refractivity contribution in [3.05, 3.63) is 256 Å². The average molecular weight is 1960 g/mol. The van der Waals surface area contributed by atoms with Crippen LogP contribution in [0.4, 0.5) is 33.5 Å². The number of ether oxygens (including phenoxy) is 5. The second kappa shape index (κ2) is 51.6. The highest BCUT2D eigenvalue weighted by molar-refractivity contribution is 5.90. The number of piperazine rings is 5. The first-order valence-electron chi connectivity index (χ1n) is 48.8. The van der Waals surface area contributed by atoms with E-state index < -0.39 is 65.3 Å². The summed E-state index contributed by atoms with van der Waals surface area (Å²) in [5.41, 5.74) is 12.6. The fourth-order valence-corrected chi connectivity index (χ4v) is 16.7. The molecule has 5 aliphatic heterocycles. The number of carbonyl (C=O) groups excluding carboxylic acids is 5. The third kappa shape index (κ3) is 27.9. The van der Waals surface area contributed by atoms with Crippen molar-refractivity contribution >= 4 is 114 Å². The topological polar surface area (TPSA) is 456 Å². The molecule has 35 nitrogen and oxygen atoms in total. The maximum absolute atomic E-state index is 13.8. The van der Waals surface area contributed by atoms with Gasteiger partial charge >= 0.3 is 29.8 Å². The number of aromatic nitrogens is 10. The molecule has 18 rings (SSSR count). The van der Waals surface area contributed by atoms with Gasteiger partial charge in [-0.25, -0.2) is 54.2 Å². The molecule has 5 unspecified atom stereocenters. The lowest BCUT2D eigenvalue weighted by molar-refractivity contribution is -0.147. The van der Waals surface area contributed by atoms with Crippen LogP contribution in [0.5, 0.6) is 0 Å². The Labute approximate surface area is 841 Å². The van der Waals surface area contributed by atoms with Gasteiger partial charge in [-0.2, -0.15) is 26.3 Å². The number of para-hydroxylation sites is 10. The van der Waals surface area contributed by atoms with Crippen LogP contribution in [-0.2, 0) is 67.5 Å². The predicted octanol–water partition coefficient (Wildman–Crippen LogP) is 12.8. The number of nitriles is 5. The number of halogens is 1. The number of anilines is 5. The Morgan fingerprint density at radius 1 is 0.324 bits per heavy atom. The van der Waals surface area contributed by atoms with Crippen LogP contribution < -0.4 is 51.1 Å². The highest BCUT2D eigenvalue weighted by Crippen LogP contribution is 2.36. The van der Waals surface area contributed by atoms with Crippen molar-refractivity contribution < 1.29 is 52.0 Å². The summed E-state index contributed by atoms with van der Waals surface area (Å²) in [7, 11) is 0. The van der Waals surface area contributed by atoms with E-state index in [1.165, 1.54) is 12.1 Å². The van der Waals surface area contributed by atoms with Gasteiger partial charge in [0.15, 0.2) is 58.7 Å². The molecule has 5 atom stereocenters. The first-order chi connectivity index (χ1) is 70.5. The van der Waals surface area contributed by atoms with Crippen LogP contribution in [0.15, 0.2) is 194 Å². The van der Waals surface area contributed by atoms with Crippen LogP contribution >= 0.6 is 0 Å². The Hall–Kier alpha value is -16.0. The van der Waals surface area contributed by atoms with Crippen molar-refractivity contribution in [3.63, 3.8) is 0 Å². The van der Waals surface area contributed by atoms with Crippen LogP contribution in [-0.4, -0.2) is 224 Å². The van der Waals surface area contributed by atoms with E-state index in [1.807, 2.05) is 209 Å². The highest BCUT2D eigenvalue weighted by atomic mass is 19.1. The van der Waals surface area contributed by atoms with Crippen LogP contribution in [0, 0.1) is 87.7 Å². The molecule has 10 heterocycles. The van der Waals surface area contributed by atoms with Gasteiger partial charge in [0.05, 0.1) is 98.7 Å². The molecule has 5 aliphatic rings. The summed E-state index contributed by atoms with van der Waals surface area (Å²) >= 11 is 0. The molecule has 0 amide bonds. The second-order valence-electron chi connectivity index (χ2n) is 36.5.